The summed E-state index contributed by atoms with van der Waals surface area (Å²) in [6.07, 6.45) is 1.64. The van der Waals surface area contributed by atoms with Gasteiger partial charge in [0.25, 0.3) is 0 Å². The maximum atomic E-state index is 11.6. The Balaban J connectivity index is 1.82. The fourth-order valence-corrected chi connectivity index (χ4v) is 3.41. The Hall–Kier alpha value is -1.53. The number of rotatable bonds is 4. The van der Waals surface area contributed by atoms with E-state index in [0.29, 0.717) is 5.92 Å². The molecule has 1 heterocycles. The number of hydrogen-bond donors (Lipinski definition) is 0. The van der Waals surface area contributed by atoms with Crippen LogP contribution in [-0.2, 0) is 18.8 Å². The Kier molecular flexibility index (Phi) is 4.62. The van der Waals surface area contributed by atoms with Gasteiger partial charge < -0.3 is 18.8 Å². The molecular formula is C19H27BO5. The van der Waals surface area contributed by atoms with E-state index in [2.05, 4.69) is 12.1 Å². The number of esters is 1. The van der Waals surface area contributed by atoms with Gasteiger partial charge in [0, 0.05) is 5.46 Å². The van der Waals surface area contributed by atoms with Crippen molar-refractivity contribution in [1.82, 2.24) is 0 Å². The summed E-state index contributed by atoms with van der Waals surface area (Å²) >= 11 is 0. The Bertz CT molecular complexity index is 648. The molecule has 25 heavy (non-hydrogen) atoms. The second-order valence-electron chi connectivity index (χ2n) is 7.98. The van der Waals surface area contributed by atoms with Crippen molar-refractivity contribution in [2.45, 2.75) is 57.7 Å². The Morgan fingerprint density at radius 1 is 1.12 bits per heavy atom. The van der Waals surface area contributed by atoms with Crippen LogP contribution in [-0.4, -0.2) is 38.5 Å². The van der Waals surface area contributed by atoms with Crippen LogP contribution in [0.3, 0.4) is 0 Å². The lowest BCUT2D eigenvalue weighted by atomic mass is 9.69. The van der Waals surface area contributed by atoms with Crippen molar-refractivity contribution in [3.05, 3.63) is 23.8 Å². The summed E-state index contributed by atoms with van der Waals surface area (Å²) in [5.74, 6) is 1.01. The van der Waals surface area contributed by atoms with E-state index in [1.807, 2.05) is 33.8 Å². The Morgan fingerprint density at radius 2 is 1.72 bits per heavy atom. The van der Waals surface area contributed by atoms with E-state index < -0.39 is 18.3 Å². The van der Waals surface area contributed by atoms with Gasteiger partial charge in [-0.25, -0.2) is 0 Å². The fourth-order valence-electron chi connectivity index (χ4n) is 3.41. The summed E-state index contributed by atoms with van der Waals surface area (Å²) in [7, 11) is 2.64. The third-order valence-electron chi connectivity index (χ3n) is 5.90. The third-order valence-corrected chi connectivity index (χ3v) is 5.90. The molecule has 3 rings (SSSR count). The van der Waals surface area contributed by atoms with Gasteiger partial charge in [-0.05, 0) is 58.1 Å². The maximum Gasteiger partial charge on any atom is 0.498 e. The second kappa shape index (κ2) is 6.33. The van der Waals surface area contributed by atoms with Crippen LogP contribution in [0.1, 0.15) is 52.0 Å². The molecule has 0 unspecified atom stereocenters. The van der Waals surface area contributed by atoms with Gasteiger partial charge in [0.05, 0.1) is 31.3 Å². The minimum atomic E-state index is -0.462. The minimum Gasteiger partial charge on any atom is -0.497 e. The predicted molar refractivity (Wildman–Crippen MR) is 96.2 cm³/mol. The van der Waals surface area contributed by atoms with Crippen molar-refractivity contribution in [3.63, 3.8) is 0 Å². The van der Waals surface area contributed by atoms with Gasteiger partial charge in [-0.15, -0.1) is 0 Å². The van der Waals surface area contributed by atoms with Crippen molar-refractivity contribution in [2.24, 2.45) is 5.92 Å². The van der Waals surface area contributed by atoms with Gasteiger partial charge in [-0.1, -0.05) is 12.1 Å². The molecule has 0 bridgehead atoms. The fraction of sp³-hybridized carbons (Fsp3) is 0.632. The highest BCUT2D eigenvalue weighted by atomic mass is 16.7. The summed E-state index contributed by atoms with van der Waals surface area (Å²) in [6.45, 7) is 8.15. The normalized spacial score (nSPS) is 26.9. The highest BCUT2D eigenvalue weighted by Crippen LogP contribution is 2.43. The molecule has 136 valence electrons. The van der Waals surface area contributed by atoms with Crippen molar-refractivity contribution in [1.29, 1.82) is 0 Å². The van der Waals surface area contributed by atoms with E-state index in [1.54, 1.807) is 7.11 Å². The van der Waals surface area contributed by atoms with Crippen LogP contribution in [0.2, 0.25) is 0 Å². The lowest BCUT2D eigenvalue weighted by molar-refractivity contribution is -0.148. The zero-order valence-corrected chi connectivity index (χ0v) is 15.9. The van der Waals surface area contributed by atoms with Crippen molar-refractivity contribution < 1.29 is 23.6 Å². The summed E-state index contributed by atoms with van der Waals surface area (Å²) in [6, 6.07) is 6.12. The molecule has 0 amide bonds. The van der Waals surface area contributed by atoms with Gasteiger partial charge in [-0.2, -0.15) is 0 Å². The number of methoxy groups -OCH3 is 2. The molecule has 0 spiro atoms. The molecule has 1 aromatic carbocycles. The first-order valence-corrected chi connectivity index (χ1v) is 8.80. The summed E-state index contributed by atoms with van der Waals surface area (Å²) in [4.78, 5) is 11.6. The second-order valence-corrected chi connectivity index (χ2v) is 7.98. The van der Waals surface area contributed by atoms with Crippen LogP contribution in [0.25, 0.3) is 0 Å². The summed E-state index contributed by atoms with van der Waals surface area (Å²) in [5.41, 5.74) is 1.29. The first-order valence-electron chi connectivity index (χ1n) is 8.80. The summed E-state index contributed by atoms with van der Waals surface area (Å²) in [5, 5.41) is 0. The van der Waals surface area contributed by atoms with E-state index in [9.17, 15) is 4.79 Å². The molecule has 1 saturated carbocycles. The topological polar surface area (TPSA) is 54.0 Å². The molecule has 0 aromatic heterocycles. The van der Waals surface area contributed by atoms with Gasteiger partial charge in [0.2, 0.25) is 0 Å². The average molecular weight is 346 g/mol. The largest absolute Gasteiger partial charge is 0.498 e. The standard InChI is InChI=1S/C19H27BO5/c1-18(2)19(3,4)25-20(24-18)15-11-12(7-8-16(15)22-5)13-9-14(10-13)17(21)23-6/h7-8,11,13-14H,9-10H2,1-6H3. The number of carbonyl (C=O) groups excluding carboxylic acids is 1. The molecule has 6 heteroatoms. The van der Waals surface area contributed by atoms with Crippen LogP contribution < -0.4 is 10.2 Å². The van der Waals surface area contributed by atoms with Crippen molar-refractivity contribution >= 4 is 18.6 Å². The third kappa shape index (κ3) is 3.18. The first kappa shape index (κ1) is 18.3. The molecule has 0 atom stereocenters. The van der Waals surface area contributed by atoms with E-state index >= 15 is 0 Å². The molecule has 5 nitrogen and oxygen atoms in total. The number of benzene rings is 1. The number of ether oxygens (including phenoxy) is 2. The molecular weight excluding hydrogens is 319 g/mol. The van der Waals surface area contributed by atoms with Gasteiger partial charge in [0.1, 0.15) is 5.75 Å². The monoisotopic (exact) mass is 346 g/mol. The molecule has 1 aromatic rings. The first-order chi connectivity index (χ1) is 11.7. The molecule has 2 fully saturated rings. The molecule has 1 saturated heterocycles. The molecule has 2 aliphatic rings. The molecule has 0 radical (unpaired) electrons. The molecule has 0 N–H and O–H groups in total. The van der Waals surface area contributed by atoms with Gasteiger partial charge in [0.15, 0.2) is 0 Å². The van der Waals surface area contributed by atoms with E-state index in [1.165, 1.54) is 12.7 Å². The van der Waals surface area contributed by atoms with Crippen molar-refractivity contribution in [3.8, 4) is 5.75 Å². The van der Waals surface area contributed by atoms with E-state index in [-0.39, 0.29) is 11.9 Å². The van der Waals surface area contributed by atoms with Gasteiger partial charge in [-0.3, -0.25) is 4.79 Å². The molecule has 1 aliphatic carbocycles. The minimum absolute atomic E-state index is 0.0115. The highest BCUT2D eigenvalue weighted by Gasteiger charge is 2.52. The van der Waals surface area contributed by atoms with Crippen molar-refractivity contribution in [2.75, 3.05) is 14.2 Å². The van der Waals surface area contributed by atoms with Crippen LogP contribution in [0.4, 0.5) is 0 Å². The van der Waals surface area contributed by atoms with Crippen LogP contribution in [0.15, 0.2) is 18.2 Å². The van der Waals surface area contributed by atoms with Gasteiger partial charge >= 0.3 is 13.1 Å². The average Bonchev–Trinajstić information content (AvgIpc) is 2.73. The highest BCUT2D eigenvalue weighted by molar-refractivity contribution is 6.63. The lowest BCUT2D eigenvalue weighted by Crippen LogP contribution is -2.41. The maximum absolute atomic E-state index is 11.6. The van der Waals surface area contributed by atoms with Crippen LogP contribution in [0.5, 0.6) is 5.75 Å². The predicted octanol–water partition coefficient (Wildman–Crippen LogP) is 2.66. The van der Waals surface area contributed by atoms with E-state index in [0.717, 1.165) is 24.1 Å². The zero-order valence-electron chi connectivity index (χ0n) is 15.9. The van der Waals surface area contributed by atoms with Crippen LogP contribution >= 0.6 is 0 Å². The quantitative estimate of drug-likeness (QED) is 0.620. The smallest absolute Gasteiger partial charge is 0.497 e. The number of carbonyl (C=O) groups is 1. The lowest BCUT2D eigenvalue weighted by Gasteiger charge is -2.34. The van der Waals surface area contributed by atoms with Crippen LogP contribution in [0, 0.1) is 5.92 Å². The Labute approximate surface area is 150 Å². The zero-order chi connectivity index (χ0) is 18.4. The summed E-state index contributed by atoms with van der Waals surface area (Å²) < 4.78 is 22.7. The van der Waals surface area contributed by atoms with E-state index in [4.69, 9.17) is 18.8 Å². The number of hydrogen-bond acceptors (Lipinski definition) is 5. The molecule has 1 aliphatic heterocycles. The Morgan fingerprint density at radius 3 is 2.24 bits per heavy atom. The SMILES string of the molecule is COC(=O)C1CC(c2ccc(OC)c(B3OC(C)(C)C(C)(C)O3)c2)C1.